The lowest BCUT2D eigenvalue weighted by Crippen LogP contribution is -2.89. The fraction of sp³-hybridized carbons (Fsp3) is 0.381. The minimum absolute atomic E-state index is 0.0330. The Balaban J connectivity index is 1.95. The van der Waals surface area contributed by atoms with Gasteiger partial charge in [0.15, 0.2) is 18.1 Å². The van der Waals surface area contributed by atoms with Gasteiger partial charge in [-0.1, -0.05) is 13.0 Å². The monoisotopic (exact) mass is 427 g/mol. The first-order valence-corrected chi connectivity index (χ1v) is 9.47. The lowest BCUT2D eigenvalue weighted by Gasteiger charge is -2.14. The molecule has 0 radical (unpaired) electrons. The number of alkyl halides is 3. The number of methoxy groups -OCH3 is 1. The minimum Gasteiger partial charge on any atom is -0.493 e. The molecule has 0 aliphatic carbocycles. The third-order valence-electron chi connectivity index (χ3n) is 4.51. The van der Waals surface area contributed by atoms with Gasteiger partial charge < -0.3 is 25.2 Å². The molecule has 0 heterocycles. The highest BCUT2D eigenvalue weighted by Crippen LogP contribution is 2.31. The molecule has 2 aromatic carbocycles. The number of amides is 1. The van der Waals surface area contributed by atoms with Crippen molar-refractivity contribution in [1.82, 2.24) is 0 Å². The molecule has 0 unspecified atom stereocenters. The summed E-state index contributed by atoms with van der Waals surface area (Å²) < 4.78 is 49.1. The van der Waals surface area contributed by atoms with Crippen molar-refractivity contribution in [1.29, 1.82) is 0 Å². The van der Waals surface area contributed by atoms with E-state index in [4.69, 9.17) is 9.47 Å². The SMILES string of the molecule is CC[C@@H](CO)[NH2+]Cc1ccc(OCC(=O)Nc2cccc(C(F)(F)F)c2)c(OC)c1. The van der Waals surface area contributed by atoms with Gasteiger partial charge in [0.2, 0.25) is 0 Å². The maximum absolute atomic E-state index is 12.8. The standard InChI is InChI=1S/C21H25F3N2O4/c1-3-16(12-27)25-11-14-7-8-18(19(9-14)29-2)30-13-20(28)26-17-6-4-5-15(10-17)21(22,23)24/h4-10,16,25,27H,3,11-13H2,1-2H3,(H,26,28)/p+1/t16-/m0/s1. The lowest BCUT2D eigenvalue weighted by molar-refractivity contribution is -0.706. The van der Waals surface area contributed by atoms with Crippen LogP contribution in [-0.2, 0) is 17.5 Å². The Bertz CT molecular complexity index is 839. The number of quaternary nitrogens is 1. The number of benzene rings is 2. The number of halogens is 3. The highest BCUT2D eigenvalue weighted by Gasteiger charge is 2.30. The zero-order valence-corrected chi connectivity index (χ0v) is 16.8. The van der Waals surface area contributed by atoms with E-state index in [2.05, 4.69) is 5.32 Å². The van der Waals surface area contributed by atoms with E-state index < -0.39 is 17.6 Å². The number of anilines is 1. The molecule has 0 saturated heterocycles. The number of ether oxygens (including phenoxy) is 2. The Morgan fingerprint density at radius 3 is 2.60 bits per heavy atom. The Morgan fingerprint density at radius 1 is 1.20 bits per heavy atom. The maximum atomic E-state index is 12.8. The normalized spacial score (nSPS) is 12.3. The molecule has 0 aliphatic rings. The summed E-state index contributed by atoms with van der Waals surface area (Å²) in [5, 5.41) is 13.7. The van der Waals surface area contributed by atoms with Gasteiger partial charge in [-0.3, -0.25) is 4.79 Å². The summed E-state index contributed by atoms with van der Waals surface area (Å²) in [6.45, 7) is 2.35. The van der Waals surface area contributed by atoms with Crippen molar-refractivity contribution in [2.24, 2.45) is 0 Å². The van der Waals surface area contributed by atoms with Gasteiger partial charge in [-0.05, 0) is 42.8 Å². The number of nitrogens with one attached hydrogen (secondary N) is 1. The van der Waals surface area contributed by atoms with Crippen LogP contribution in [0.2, 0.25) is 0 Å². The van der Waals surface area contributed by atoms with Gasteiger partial charge in [0.25, 0.3) is 5.91 Å². The van der Waals surface area contributed by atoms with Crippen LogP contribution in [0.3, 0.4) is 0 Å². The summed E-state index contributed by atoms with van der Waals surface area (Å²) in [5.41, 5.74) is 0.145. The van der Waals surface area contributed by atoms with Crippen LogP contribution >= 0.6 is 0 Å². The van der Waals surface area contributed by atoms with Crippen LogP contribution in [-0.4, -0.2) is 37.4 Å². The summed E-state index contributed by atoms with van der Waals surface area (Å²) in [4.78, 5) is 12.1. The van der Waals surface area contributed by atoms with Crippen LogP contribution in [0.5, 0.6) is 11.5 Å². The molecule has 1 atom stereocenters. The van der Waals surface area contributed by atoms with Crippen LogP contribution in [0, 0.1) is 0 Å². The highest BCUT2D eigenvalue weighted by molar-refractivity contribution is 5.92. The molecule has 1 amide bonds. The van der Waals surface area contributed by atoms with Gasteiger partial charge in [0.05, 0.1) is 19.3 Å². The predicted octanol–water partition coefficient (Wildman–Crippen LogP) is 2.57. The lowest BCUT2D eigenvalue weighted by atomic mass is 10.1. The first-order chi connectivity index (χ1) is 14.3. The maximum Gasteiger partial charge on any atom is 0.416 e. The molecule has 4 N–H and O–H groups in total. The van der Waals surface area contributed by atoms with Crippen LogP contribution < -0.4 is 20.1 Å². The summed E-state index contributed by atoms with van der Waals surface area (Å²) >= 11 is 0. The predicted molar refractivity (Wildman–Crippen MR) is 105 cm³/mol. The smallest absolute Gasteiger partial charge is 0.416 e. The highest BCUT2D eigenvalue weighted by atomic mass is 19.4. The molecular formula is C21H26F3N2O4+. The van der Waals surface area contributed by atoms with E-state index in [1.54, 1.807) is 12.1 Å². The molecule has 0 fully saturated rings. The molecule has 30 heavy (non-hydrogen) atoms. The van der Waals surface area contributed by atoms with Gasteiger partial charge in [-0.15, -0.1) is 0 Å². The quantitative estimate of drug-likeness (QED) is 0.544. The van der Waals surface area contributed by atoms with E-state index in [9.17, 15) is 23.1 Å². The van der Waals surface area contributed by atoms with Gasteiger partial charge in [-0.25, -0.2) is 0 Å². The van der Waals surface area contributed by atoms with Gasteiger partial charge in [-0.2, -0.15) is 13.2 Å². The van der Waals surface area contributed by atoms with E-state index in [1.807, 2.05) is 18.3 Å². The number of aliphatic hydroxyl groups is 1. The molecule has 9 heteroatoms. The fourth-order valence-corrected chi connectivity index (χ4v) is 2.74. The Morgan fingerprint density at radius 2 is 1.97 bits per heavy atom. The van der Waals surface area contributed by atoms with Crippen molar-refractivity contribution < 1.29 is 37.9 Å². The second-order valence-electron chi connectivity index (χ2n) is 6.69. The molecule has 0 spiro atoms. The van der Waals surface area contributed by atoms with Crippen molar-refractivity contribution in [3.63, 3.8) is 0 Å². The van der Waals surface area contributed by atoms with Crippen LogP contribution in [0.15, 0.2) is 42.5 Å². The van der Waals surface area contributed by atoms with E-state index in [1.165, 1.54) is 19.2 Å². The molecule has 0 aromatic heterocycles. The summed E-state index contributed by atoms with van der Waals surface area (Å²) in [6.07, 6.45) is -3.64. The Labute approximate surface area is 173 Å². The van der Waals surface area contributed by atoms with Gasteiger partial charge in [0.1, 0.15) is 12.6 Å². The number of hydrogen-bond acceptors (Lipinski definition) is 4. The summed E-state index contributed by atoms with van der Waals surface area (Å²) in [6, 6.07) is 9.77. The second kappa shape index (κ2) is 10.8. The van der Waals surface area contributed by atoms with Crippen LogP contribution in [0.25, 0.3) is 0 Å². The van der Waals surface area contributed by atoms with Crippen molar-refractivity contribution in [3.05, 3.63) is 53.6 Å². The van der Waals surface area contributed by atoms with Gasteiger partial charge >= 0.3 is 6.18 Å². The minimum atomic E-state index is -4.49. The first kappa shape index (κ1) is 23.5. The third kappa shape index (κ3) is 6.93. The molecule has 164 valence electrons. The summed E-state index contributed by atoms with van der Waals surface area (Å²) in [7, 11) is 1.47. The largest absolute Gasteiger partial charge is 0.493 e. The molecule has 2 rings (SSSR count). The van der Waals surface area contributed by atoms with E-state index >= 15 is 0 Å². The van der Waals surface area contributed by atoms with Crippen molar-refractivity contribution in [3.8, 4) is 11.5 Å². The van der Waals surface area contributed by atoms with Crippen LogP contribution in [0.4, 0.5) is 18.9 Å². The molecular weight excluding hydrogens is 401 g/mol. The van der Waals surface area contributed by atoms with Crippen molar-refractivity contribution in [2.75, 3.05) is 25.6 Å². The van der Waals surface area contributed by atoms with Crippen molar-refractivity contribution >= 4 is 11.6 Å². The number of rotatable bonds is 10. The third-order valence-corrected chi connectivity index (χ3v) is 4.51. The van der Waals surface area contributed by atoms with E-state index in [0.717, 1.165) is 24.1 Å². The number of aliphatic hydroxyl groups excluding tert-OH is 1. The average Bonchev–Trinajstić information content (AvgIpc) is 2.72. The summed E-state index contributed by atoms with van der Waals surface area (Å²) in [5.74, 6) is 0.182. The number of carbonyl (C=O) groups is 1. The molecule has 0 saturated carbocycles. The molecule has 0 bridgehead atoms. The topological polar surface area (TPSA) is 84.4 Å². The zero-order chi connectivity index (χ0) is 22.1. The molecule has 2 aromatic rings. The molecule has 0 aliphatic heterocycles. The van der Waals surface area contributed by atoms with Crippen LogP contribution in [0.1, 0.15) is 24.5 Å². The van der Waals surface area contributed by atoms with E-state index in [-0.39, 0.29) is 24.9 Å². The first-order valence-electron chi connectivity index (χ1n) is 9.47. The van der Waals surface area contributed by atoms with Crippen molar-refractivity contribution in [2.45, 2.75) is 32.1 Å². The molecule has 6 nitrogen and oxygen atoms in total. The average molecular weight is 427 g/mol. The fourth-order valence-electron chi connectivity index (χ4n) is 2.74. The number of nitrogens with two attached hydrogens (primary N) is 1. The second-order valence-corrected chi connectivity index (χ2v) is 6.69. The Hall–Kier alpha value is -2.78. The number of hydrogen-bond donors (Lipinski definition) is 3. The van der Waals surface area contributed by atoms with E-state index in [0.29, 0.717) is 18.0 Å². The van der Waals surface area contributed by atoms with Gasteiger partial charge in [0, 0.05) is 11.3 Å². The Kier molecular flexibility index (Phi) is 8.49. The number of carbonyl (C=O) groups excluding carboxylic acids is 1. The zero-order valence-electron chi connectivity index (χ0n) is 16.8.